The first-order valence-electron chi connectivity index (χ1n) is 9.96. The SMILES string of the molecule is Cc1ccc(CS(=O)Cc2ccc(C(=O)NC3CCCc4ccccc43)o2)cc1. The van der Waals surface area contributed by atoms with Gasteiger partial charge in [0, 0.05) is 16.6 Å². The van der Waals surface area contributed by atoms with Crippen molar-refractivity contribution in [2.45, 2.75) is 43.7 Å². The van der Waals surface area contributed by atoms with Crippen molar-refractivity contribution in [3.8, 4) is 0 Å². The van der Waals surface area contributed by atoms with Crippen LogP contribution in [0.5, 0.6) is 0 Å². The Morgan fingerprint density at radius 3 is 2.69 bits per heavy atom. The van der Waals surface area contributed by atoms with Gasteiger partial charge in [0.1, 0.15) is 5.76 Å². The second kappa shape index (κ2) is 8.78. The molecular formula is C24H25NO3S. The van der Waals surface area contributed by atoms with Crippen molar-refractivity contribution in [2.75, 3.05) is 0 Å². The van der Waals surface area contributed by atoms with Crippen LogP contribution in [-0.2, 0) is 28.7 Å². The van der Waals surface area contributed by atoms with Crippen LogP contribution in [0.25, 0.3) is 0 Å². The van der Waals surface area contributed by atoms with Gasteiger partial charge in [0.15, 0.2) is 5.76 Å². The fraction of sp³-hybridized carbons (Fsp3) is 0.292. The molecule has 150 valence electrons. The number of hydrogen-bond donors (Lipinski definition) is 1. The lowest BCUT2D eigenvalue weighted by molar-refractivity contribution is 0.0903. The highest BCUT2D eigenvalue weighted by Gasteiger charge is 2.23. The first-order chi connectivity index (χ1) is 14.1. The van der Waals surface area contributed by atoms with Crippen molar-refractivity contribution in [1.82, 2.24) is 5.32 Å². The molecule has 4 rings (SSSR count). The van der Waals surface area contributed by atoms with Gasteiger partial charge >= 0.3 is 0 Å². The number of fused-ring (bicyclic) bond motifs is 1. The molecule has 0 aliphatic heterocycles. The Bertz CT molecular complexity index is 1020. The van der Waals surface area contributed by atoms with Gasteiger partial charge in [0.25, 0.3) is 5.91 Å². The van der Waals surface area contributed by atoms with Gasteiger partial charge in [0.2, 0.25) is 0 Å². The molecule has 0 spiro atoms. The van der Waals surface area contributed by atoms with Crippen LogP contribution in [0.4, 0.5) is 0 Å². The van der Waals surface area contributed by atoms with Crippen LogP contribution < -0.4 is 5.32 Å². The molecule has 1 heterocycles. The predicted molar refractivity (Wildman–Crippen MR) is 115 cm³/mol. The Balaban J connectivity index is 1.37. The molecule has 2 atom stereocenters. The van der Waals surface area contributed by atoms with Crippen molar-refractivity contribution in [3.05, 3.63) is 94.4 Å². The minimum atomic E-state index is -1.09. The van der Waals surface area contributed by atoms with Crippen LogP contribution in [0.15, 0.2) is 65.1 Å². The summed E-state index contributed by atoms with van der Waals surface area (Å²) in [5, 5.41) is 3.09. The molecular weight excluding hydrogens is 382 g/mol. The maximum atomic E-state index is 12.7. The molecule has 29 heavy (non-hydrogen) atoms. The Hall–Kier alpha value is -2.66. The molecule has 1 aliphatic rings. The third-order valence-electron chi connectivity index (χ3n) is 5.31. The highest BCUT2D eigenvalue weighted by Crippen LogP contribution is 2.29. The van der Waals surface area contributed by atoms with Gasteiger partial charge in [0.05, 0.1) is 11.8 Å². The number of benzene rings is 2. The van der Waals surface area contributed by atoms with E-state index in [9.17, 15) is 9.00 Å². The van der Waals surface area contributed by atoms with Gasteiger partial charge in [-0.25, -0.2) is 0 Å². The molecule has 0 saturated carbocycles. The second-order valence-electron chi connectivity index (χ2n) is 7.60. The van der Waals surface area contributed by atoms with E-state index in [0.29, 0.717) is 17.3 Å². The van der Waals surface area contributed by atoms with Crippen LogP contribution >= 0.6 is 0 Å². The average Bonchev–Trinajstić information content (AvgIpc) is 3.18. The standard InChI is InChI=1S/C24H25NO3S/c1-17-9-11-18(12-10-17)15-29(27)16-20-13-14-23(28-20)24(26)25-22-8-4-6-19-5-2-3-7-21(19)22/h2-3,5,7,9-14,22H,4,6,8,15-16H2,1H3,(H,25,26). The summed E-state index contributed by atoms with van der Waals surface area (Å²) in [5.41, 5.74) is 4.71. The number of hydrogen-bond acceptors (Lipinski definition) is 3. The fourth-order valence-corrected chi connectivity index (χ4v) is 4.93. The first kappa shape index (κ1) is 19.6. The largest absolute Gasteiger partial charge is 0.455 e. The maximum Gasteiger partial charge on any atom is 0.287 e. The molecule has 1 amide bonds. The Morgan fingerprint density at radius 1 is 1.07 bits per heavy atom. The van der Waals surface area contributed by atoms with Crippen LogP contribution in [0, 0.1) is 6.92 Å². The van der Waals surface area contributed by atoms with E-state index in [1.54, 1.807) is 12.1 Å². The predicted octanol–water partition coefficient (Wildman–Crippen LogP) is 4.84. The van der Waals surface area contributed by atoms with Gasteiger partial charge in [-0.2, -0.15) is 0 Å². The van der Waals surface area contributed by atoms with Gasteiger partial charge in [-0.15, -0.1) is 0 Å². The highest BCUT2D eigenvalue weighted by molar-refractivity contribution is 7.83. The summed E-state index contributed by atoms with van der Waals surface area (Å²) in [4.78, 5) is 12.7. The van der Waals surface area contributed by atoms with Gasteiger partial charge < -0.3 is 9.73 Å². The zero-order chi connectivity index (χ0) is 20.2. The summed E-state index contributed by atoms with van der Waals surface area (Å²) in [5.74, 6) is 1.40. The first-order valence-corrected chi connectivity index (χ1v) is 11.5. The summed E-state index contributed by atoms with van der Waals surface area (Å²) in [6.07, 6.45) is 3.04. The molecule has 0 fully saturated rings. The maximum absolute atomic E-state index is 12.7. The quantitative estimate of drug-likeness (QED) is 0.636. The van der Waals surface area contributed by atoms with Crippen molar-refractivity contribution >= 4 is 16.7 Å². The lowest BCUT2D eigenvalue weighted by Crippen LogP contribution is -2.30. The molecule has 1 N–H and O–H groups in total. The smallest absolute Gasteiger partial charge is 0.287 e. The number of carbonyl (C=O) groups excluding carboxylic acids is 1. The number of amides is 1. The Labute approximate surface area is 173 Å². The molecule has 1 aliphatic carbocycles. The number of carbonyl (C=O) groups is 1. The summed E-state index contributed by atoms with van der Waals surface area (Å²) < 4.78 is 18.1. The van der Waals surface area contributed by atoms with E-state index < -0.39 is 10.8 Å². The van der Waals surface area contributed by atoms with E-state index in [4.69, 9.17) is 4.42 Å². The zero-order valence-corrected chi connectivity index (χ0v) is 17.3. The zero-order valence-electron chi connectivity index (χ0n) is 16.5. The van der Waals surface area contributed by atoms with E-state index in [2.05, 4.69) is 17.4 Å². The minimum Gasteiger partial charge on any atom is -0.455 e. The van der Waals surface area contributed by atoms with E-state index in [1.807, 2.05) is 43.3 Å². The van der Waals surface area contributed by atoms with E-state index in [0.717, 1.165) is 24.8 Å². The number of aryl methyl sites for hydroxylation is 2. The summed E-state index contributed by atoms with van der Waals surface area (Å²) in [7, 11) is -1.09. The van der Waals surface area contributed by atoms with Gasteiger partial charge in [-0.05, 0) is 55.0 Å². The van der Waals surface area contributed by atoms with Crippen LogP contribution in [0.3, 0.4) is 0 Å². The third kappa shape index (κ3) is 4.85. The molecule has 0 saturated heterocycles. The lowest BCUT2D eigenvalue weighted by Gasteiger charge is -2.25. The van der Waals surface area contributed by atoms with Crippen molar-refractivity contribution in [3.63, 3.8) is 0 Å². The lowest BCUT2D eigenvalue weighted by atomic mass is 9.88. The van der Waals surface area contributed by atoms with Gasteiger partial charge in [-0.1, -0.05) is 54.1 Å². The van der Waals surface area contributed by atoms with Crippen LogP contribution in [0.1, 0.15) is 57.5 Å². The van der Waals surface area contributed by atoms with Crippen LogP contribution in [0.2, 0.25) is 0 Å². The Morgan fingerprint density at radius 2 is 1.86 bits per heavy atom. The Kier molecular flexibility index (Phi) is 5.95. The van der Waals surface area contributed by atoms with E-state index in [-0.39, 0.29) is 17.7 Å². The monoisotopic (exact) mass is 407 g/mol. The molecule has 2 aromatic carbocycles. The third-order valence-corrected chi connectivity index (χ3v) is 6.57. The topological polar surface area (TPSA) is 59.3 Å². The number of furan rings is 1. The number of nitrogens with one attached hydrogen (secondary N) is 1. The van der Waals surface area contributed by atoms with Crippen molar-refractivity contribution < 1.29 is 13.4 Å². The highest BCUT2D eigenvalue weighted by atomic mass is 32.2. The molecule has 4 nitrogen and oxygen atoms in total. The summed E-state index contributed by atoms with van der Waals surface area (Å²) in [6, 6.07) is 19.7. The number of rotatable bonds is 6. The minimum absolute atomic E-state index is 0.0108. The summed E-state index contributed by atoms with van der Waals surface area (Å²) in [6.45, 7) is 2.03. The summed E-state index contributed by atoms with van der Waals surface area (Å²) >= 11 is 0. The molecule has 0 bridgehead atoms. The van der Waals surface area contributed by atoms with Gasteiger partial charge in [-0.3, -0.25) is 9.00 Å². The molecule has 2 unspecified atom stereocenters. The molecule has 0 radical (unpaired) electrons. The van der Waals surface area contributed by atoms with E-state index >= 15 is 0 Å². The van der Waals surface area contributed by atoms with Crippen molar-refractivity contribution in [2.24, 2.45) is 0 Å². The van der Waals surface area contributed by atoms with Crippen molar-refractivity contribution in [1.29, 1.82) is 0 Å². The normalized spacial score (nSPS) is 16.8. The molecule has 5 heteroatoms. The molecule has 1 aromatic heterocycles. The van der Waals surface area contributed by atoms with Crippen LogP contribution in [-0.4, -0.2) is 10.1 Å². The average molecular weight is 408 g/mol. The molecule has 3 aromatic rings. The fourth-order valence-electron chi connectivity index (χ4n) is 3.79. The van der Waals surface area contributed by atoms with E-state index in [1.165, 1.54) is 16.7 Å². The second-order valence-corrected chi connectivity index (χ2v) is 9.05.